The van der Waals surface area contributed by atoms with Crippen LogP contribution in [-0.2, 0) is 4.79 Å². The first-order chi connectivity index (χ1) is 16.2. The van der Waals surface area contributed by atoms with Crippen molar-refractivity contribution in [2.24, 2.45) is 0 Å². The van der Waals surface area contributed by atoms with Gasteiger partial charge in [0, 0.05) is 23.1 Å². The van der Waals surface area contributed by atoms with Gasteiger partial charge in [0.1, 0.15) is 17.3 Å². The van der Waals surface area contributed by atoms with E-state index >= 15 is 0 Å². The Labute approximate surface area is 196 Å². The maximum Gasteiger partial charge on any atom is 0.305 e. The van der Waals surface area contributed by atoms with E-state index in [-0.39, 0.29) is 12.3 Å². The monoisotopic (exact) mass is 468 g/mol. The molecule has 0 bridgehead atoms. The van der Waals surface area contributed by atoms with E-state index in [2.05, 4.69) is 10.2 Å². The molecule has 0 spiro atoms. The Kier molecular flexibility index (Phi) is 8.20. The van der Waals surface area contributed by atoms with Crippen LogP contribution in [0.15, 0.2) is 54.6 Å². The minimum Gasteiger partial charge on any atom is -0.481 e. The highest BCUT2D eigenvalue weighted by molar-refractivity contribution is 5.87. The van der Waals surface area contributed by atoms with Crippen molar-refractivity contribution in [2.45, 2.75) is 44.8 Å². The molecule has 0 saturated heterocycles. The second-order valence-corrected chi connectivity index (χ2v) is 8.30. The van der Waals surface area contributed by atoms with Crippen molar-refractivity contribution in [3.8, 4) is 22.4 Å². The molecule has 3 N–H and O–H groups in total. The van der Waals surface area contributed by atoms with E-state index < -0.39 is 36.2 Å². The van der Waals surface area contributed by atoms with Crippen molar-refractivity contribution in [1.29, 1.82) is 0 Å². The topological polar surface area (TPSA) is 104 Å². The zero-order valence-electron chi connectivity index (χ0n) is 18.8. The lowest BCUT2D eigenvalue weighted by molar-refractivity contribution is -0.139. The van der Waals surface area contributed by atoms with E-state index in [1.54, 1.807) is 30.3 Å². The number of carboxylic acid groups (broad SMARTS) is 1. The maximum absolute atomic E-state index is 13.7. The SMILES string of the molecule is CC(C)c1nnc(-c2ccc(F)cc2)c(-c2ccc(F)cc2)c1/C=C/C(O)CC(O)CC(=O)O. The number of carbonyl (C=O) groups is 1. The maximum atomic E-state index is 13.7. The lowest BCUT2D eigenvalue weighted by Gasteiger charge is -2.18. The van der Waals surface area contributed by atoms with Gasteiger partial charge in [0.25, 0.3) is 0 Å². The van der Waals surface area contributed by atoms with Crippen molar-refractivity contribution >= 4 is 12.0 Å². The van der Waals surface area contributed by atoms with Gasteiger partial charge in [-0.25, -0.2) is 8.78 Å². The van der Waals surface area contributed by atoms with Crippen LogP contribution in [0.3, 0.4) is 0 Å². The molecule has 0 aliphatic heterocycles. The van der Waals surface area contributed by atoms with E-state index in [0.29, 0.717) is 33.6 Å². The molecule has 2 unspecified atom stereocenters. The largest absolute Gasteiger partial charge is 0.481 e. The van der Waals surface area contributed by atoms with Gasteiger partial charge in [-0.3, -0.25) is 4.79 Å². The molecule has 3 rings (SSSR count). The summed E-state index contributed by atoms with van der Waals surface area (Å²) in [6.45, 7) is 3.86. The van der Waals surface area contributed by atoms with E-state index in [9.17, 15) is 23.8 Å². The molecule has 0 radical (unpaired) electrons. The molecule has 0 aliphatic rings. The highest BCUT2D eigenvalue weighted by Crippen LogP contribution is 2.37. The molecule has 2 aromatic carbocycles. The highest BCUT2D eigenvalue weighted by atomic mass is 19.1. The van der Waals surface area contributed by atoms with Gasteiger partial charge >= 0.3 is 5.97 Å². The summed E-state index contributed by atoms with van der Waals surface area (Å²) in [7, 11) is 0. The third-order valence-corrected chi connectivity index (χ3v) is 5.25. The molecule has 178 valence electrons. The van der Waals surface area contributed by atoms with E-state index in [1.165, 1.54) is 30.3 Å². The van der Waals surface area contributed by atoms with E-state index in [4.69, 9.17) is 5.11 Å². The van der Waals surface area contributed by atoms with E-state index in [1.807, 2.05) is 13.8 Å². The number of aromatic nitrogens is 2. The van der Waals surface area contributed by atoms with Gasteiger partial charge in [0.2, 0.25) is 0 Å². The minimum absolute atomic E-state index is 0.0524. The van der Waals surface area contributed by atoms with Gasteiger partial charge in [-0.2, -0.15) is 5.10 Å². The van der Waals surface area contributed by atoms with Crippen LogP contribution in [0.2, 0.25) is 0 Å². The van der Waals surface area contributed by atoms with Crippen LogP contribution in [0.4, 0.5) is 8.78 Å². The van der Waals surface area contributed by atoms with Crippen LogP contribution in [0.5, 0.6) is 0 Å². The summed E-state index contributed by atoms with van der Waals surface area (Å²) in [6, 6.07) is 11.6. The minimum atomic E-state index is -1.20. The fourth-order valence-electron chi connectivity index (χ4n) is 3.63. The Balaban J connectivity index is 2.15. The van der Waals surface area contributed by atoms with Gasteiger partial charge in [-0.1, -0.05) is 38.1 Å². The normalized spacial score (nSPS) is 13.4. The first-order valence-electron chi connectivity index (χ1n) is 10.8. The van der Waals surface area contributed by atoms with Gasteiger partial charge in [-0.15, -0.1) is 5.10 Å². The summed E-state index contributed by atoms with van der Waals surface area (Å²) in [4.78, 5) is 10.8. The first-order valence-corrected chi connectivity index (χ1v) is 10.8. The van der Waals surface area contributed by atoms with Crippen molar-refractivity contribution in [3.05, 3.63) is 77.5 Å². The quantitative estimate of drug-likeness (QED) is 0.416. The van der Waals surface area contributed by atoms with Crippen LogP contribution in [0, 0.1) is 11.6 Å². The molecule has 3 aromatic rings. The smallest absolute Gasteiger partial charge is 0.305 e. The van der Waals surface area contributed by atoms with Gasteiger partial charge in [0.05, 0.1) is 24.3 Å². The van der Waals surface area contributed by atoms with Crippen LogP contribution in [0.25, 0.3) is 28.5 Å². The van der Waals surface area contributed by atoms with Crippen molar-refractivity contribution in [1.82, 2.24) is 10.2 Å². The summed E-state index contributed by atoms with van der Waals surface area (Å²) in [5.74, 6) is -2.02. The molecule has 2 atom stereocenters. The van der Waals surface area contributed by atoms with Crippen LogP contribution in [0.1, 0.15) is 43.9 Å². The summed E-state index contributed by atoms with van der Waals surface area (Å²) >= 11 is 0. The second-order valence-electron chi connectivity index (χ2n) is 8.30. The molecule has 34 heavy (non-hydrogen) atoms. The molecule has 1 heterocycles. The zero-order valence-corrected chi connectivity index (χ0v) is 18.8. The summed E-state index contributed by atoms with van der Waals surface area (Å²) in [5.41, 5.74) is 3.59. The predicted octanol–water partition coefficient (Wildman–Crippen LogP) is 4.81. The fourth-order valence-corrected chi connectivity index (χ4v) is 3.63. The molecule has 0 saturated carbocycles. The number of hydrogen-bond donors (Lipinski definition) is 3. The Morgan fingerprint density at radius 2 is 1.50 bits per heavy atom. The number of aliphatic carboxylic acids is 1. The highest BCUT2D eigenvalue weighted by Gasteiger charge is 2.20. The Morgan fingerprint density at radius 3 is 2.03 bits per heavy atom. The molecular formula is C26H26F2N2O4. The number of aliphatic hydroxyl groups excluding tert-OH is 2. The average Bonchev–Trinajstić information content (AvgIpc) is 2.77. The Bertz CT molecular complexity index is 1160. The predicted molar refractivity (Wildman–Crippen MR) is 125 cm³/mol. The molecule has 0 fully saturated rings. The van der Waals surface area contributed by atoms with Crippen molar-refractivity contribution < 1.29 is 28.9 Å². The molecular weight excluding hydrogens is 442 g/mol. The van der Waals surface area contributed by atoms with Gasteiger partial charge in [0.15, 0.2) is 0 Å². The number of benzene rings is 2. The standard InChI is InChI=1S/C26H26F2N2O4/c1-15(2)25-22(12-11-20(31)13-21(32)14-23(33)34)24(16-3-7-18(27)8-4-16)26(30-29-25)17-5-9-19(28)10-6-17/h3-12,15,20-21,31-32H,13-14H2,1-2H3,(H,33,34)/b12-11+. The molecule has 0 amide bonds. The zero-order chi connectivity index (χ0) is 24.8. The fraction of sp³-hybridized carbons (Fsp3) is 0.269. The third kappa shape index (κ3) is 6.30. The summed E-state index contributed by atoms with van der Waals surface area (Å²) in [5, 5.41) is 37.8. The second kappa shape index (κ2) is 11.1. The van der Waals surface area contributed by atoms with Crippen molar-refractivity contribution in [3.63, 3.8) is 0 Å². The Hall–Kier alpha value is -3.49. The number of nitrogens with zero attached hydrogens (tertiary/aromatic N) is 2. The lowest BCUT2D eigenvalue weighted by atomic mass is 9.90. The number of hydrogen-bond acceptors (Lipinski definition) is 5. The van der Waals surface area contributed by atoms with Crippen LogP contribution >= 0.6 is 0 Å². The summed E-state index contributed by atoms with van der Waals surface area (Å²) < 4.78 is 27.2. The number of carboxylic acids is 1. The molecule has 1 aromatic heterocycles. The number of aliphatic hydroxyl groups is 2. The number of halogens is 2. The molecule has 8 heteroatoms. The van der Waals surface area contributed by atoms with E-state index in [0.717, 1.165) is 0 Å². The van der Waals surface area contributed by atoms with Crippen LogP contribution in [-0.4, -0.2) is 43.7 Å². The Morgan fingerprint density at radius 1 is 0.941 bits per heavy atom. The number of rotatable bonds is 9. The van der Waals surface area contributed by atoms with Gasteiger partial charge in [-0.05, 0) is 47.9 Å². The summed E-state index contributed by atoms with van der Waals surface area (Å²) in [6.07, 6.45) is 0.147. The first kappa shape index (κ1) is 25.1. The average molecular weight is 469 g/mol. The lowest BCUT2D eigenvalue weighted by Crippen LogP contribution is -2.19. The van der Waals surface area contributed by atoms with Crippen LogP contribution < -0.4 is 0 Å². The van der Waals surface area contributed by atoms with Gasteiger partial charge < -0.3 is 15.3 Å². The molecule has 0 aliphatic carbocycles. The van der Waals surface area contributed by atoms with Crippen molar-refractivity contribution in [2.75, 3.05) is 0 Å². The molecule has 6 nitrogen and oxygen atoms in total. The third-order valence-electron chi connectivity index (χ3n) is 5.25.